The highest BCUT2D eigenvalue weighted by Crippen LogP contribution is 2.28. The first-order valence-electron chi connectivity index (χ1n) is 7.46. The number of nitrogens with zero attached hydrogens (tertiary/aromatic N) is 2. The third-order valence-corrected chi connectivity index (χ3v) is 4.66. The van der Waals surface area contributed by atoms with Crippen LogP contribution in [0.2, 0.25) is 0 Å². The summed E-state index contributed by atoms with van der Waals surface area (Å²) < 4.78 is 0. The number of hydrogen-bond donors (Lipinski definition) is 1. The molecule has 3 rings (SSSR count). The zero-order valence-electron chi connectivity index (χ0n) is 11.9. The molecule has 0 bridgehead atoms. The molecular weight excluding hydrogens is 282 g/mol. The van der Waals surface area contributed by atoms with Crippen LogP contribution in [0.15, 0.2) is 30.3 Å². The smallest absolute Gasteiger partial charge is 0.282 e. The van der Waals surface area contributed by atoms with Crippen molar-refractivity contribution >= 4 is 29.1 Å². The molecule has 2 amide bonds. The summed E-state index contributed by atoms with van der Waals surface area (Å²) in [6.07, 6.45) is 5.45. The van der Waals surface area contributed by atoms with Crippen LogP contribution in [0.5, 0.6) is 0 Å². The molecule has 1 aliphatic carbocycles. The Balaban J connectivity index is 1.78. The van der Waals surface area contributed by atoms with Crippen LogP contribution in [0.25, 0.3) is 0 Å². The third-order valence-electron chi connectivity index (χ3n) is 4.25. The molecule has 1 saturated heterocycles. The summed E-state index contributed by atoms with van der Waals surface area (Å²) in [5.74, 6) is 0.206. The van der Waals surface area contributed by atoms with Crippen LogP contribution in [0.4, 0.5) is 4.79 Å². The normalized spacial score (nSPS) is 20.5. The van der Waals surface area contributed by atoms with Crippen molar-refractivity contribution in [2.45, 2.75) is 44.7 Å². The van der Waals surface area contributed by atoms with Crippen LogP contribution in [0, 0.1) is 5.41 Å². The predicted molar refractivity (Wildman–Crippen MR) is 86.4 cm³/mol. The summed E-state index contributed by atoms with van der Waals surface area (Å²) in [5, 5.41) is 8.20. The zero-order valence-corrected chi connectivity index (χ0v) is 12.7. The summed E-state index contributed by atoms with van der Waals surface area (Å²) in [6.45, 7) is 0.449. The lowest BCUT2D eigenvalue weighted by atomic mass is 9.94. The Morgan fingerprint density at radius 2 is 1.81 bits per heavy atom. The summed E-state index contributed by atoms with van der Waals surface area (Å²) in [5.41, 5.74) is 1.03. The topological polar surface area (TPSA) is 47.4 Å². The summed E-state index contributed by atoms with van der Waals surface area (Å²) >= 11 is 5.32. The lowest BCUT2D eigenvalue weighted by Gasteiger charge is -2.29. The van der Waals surface area contributed by atoms with Gasteiger partial charge in [0.2, 0.25) is 0 Å². The van der Waals surface area contributed by atoms with Gasteiger partial charge in [-0.25, -0.2) is 4.79 Å². The van der Waals surface area contributed by atoms with Crippen LogP contribution in [0.1, 0.15) is 37.7 Å². The Bertz CT molecular complexity index is 566. The molecular formula is C16H19N3OS. The van der Waals surface area contributed by atoms with Crippen molar-refractivity contribution in [2.75, 3.05) is 0 Å². The van der Waals surface area contributed by atoms with Crippen molar-refractivity contribution in [3.63, 3.8) is 0 Å². The molecule has 0 unspecified atom stereocenters. The van der Waals surface area contributed by atoms with Gasteiger partial charge >= 0.3 is 6.03 Å². The molecule has 1 heterocycles. The fraction of sp³-hybridized carbons (Fsp3) is 0.438. The lowest BCUT2D eigenvalue weighted by molar-refractivity contribution is 0.182. The van der Waals surface area contributed by atoms with E-state index in [0.29, 0.717) is 11.5 Å². The number of amides is 2. The Hall–Kier alpha value is -1.75. The van der Waals surface area contributed by atoms with Gasteiger partial charge < -0.3 is 0 Å². The van der Waals surface area contributed by atoms with Crippen LogP contribution < -0.4 is 0 Å². The number of amidine groups is 1. The minimum Gasteiger partial charge on any atom is -0.282 e. The van der Waals surface area contributed by atoms with E-state index in [2.05, 4.69) is 0 Å². The Kier molecular flexibility index (Phi) is 4.01. The minimum atomic E-state index is -0.124. The first-order valence-corrected chi connectivity index (χ1v) is 7.87. The molecule has 0 spiro atoms. The highest BCUT2D eigenvalue weighted by atomic mass is 32.1. The number of carbonyl (C=O) groups excluding carboxylic acids is 1. The average molecular weight is 301 g/mol. The van der Waals surface area contributed by atoms with Crippen LogP contribution in [0.3, 0.4) is 0 Å². The summed E-state index contributed by atoms with van der Waals surface area (Å²) in [7, 11) is 0. The lowest BCUT2D eigenvalue weighted by Crippen LogP contribution is -2.42. The first-order chi connectivity index (χ1) is 10.2. The second kappa shape index (κ2) is 5.93. The van der Waals surface area contributed by atoms with Crippen LogP contribution >= 0.6 is 12.2 Å². The van der Waals surface area contributed by atoms with Gasteiger partial charge in [-0.05, 0) is 18.4 Å². The predicted octanol–water partition coefficient (Wildman–Crippen LogP) is 3.56. The van der Waals surface area contributed by atoms with Gasteiger partial charge in [0.15, 0.2) is 10.8 Å². The van der Waals surface area contributed by atoms with E-state index in [4.69, 9.17) is 17.6 Å². The molecule has 1 aromatic rings. The van der Waals surface area contributed by atoms with E-state index < -0.39 is 0 Å². The monoisotopic (exact) mass is 301 g/mol. The number of rotatable bonds is 3. The molecule has 2 aliphatic rings. The van der Waals surface area contributed by atoms with Gasteiger partial charge in [-0.15, -0.1) is 0 Å². The van der Waals surface area contributed by atoms with Crippen LogP contribution in [-0.2, 0) is 6.54 Å². The standard InChI is InChI=1S/C16H19N3OS/c17-14-15(21)18(11-12-7-3-1-4-8-12)16(20)19(14)13-9-5-2-6-10-13/h1,3-4,7-8,13,17H,2,5-6,9-11H2. The van der Waals surface area contributed by atoms with Gasteiger partial charge in [-0.3, -0.25) is 15.2 Å². The highest BCUT2D eigenvalue weighted by molar-refractivity contribution is 7.82. The fourth-order valence-corrected chi connectivity index (χ4v) is 3.37. The highest BCUT2D eigenvalue weighted by Gasteiger charge is 2.42. The first kappa shape index (κ1) is 14.2. The molecule has 4 nitrogen and oxygen atoms in total. The van der Waals surface area contributed by atoms with Crippen molar-refractivity contribution < 1.29 is 4.79 Å². The van der Waals surface area contributed by atoms with E-state index in [9.17, 15) is 4.79 Å². The second-order valence-corrected chi connectivity index (χ2v) is 6.06. The van der Waals surface area contributed by atoms with Crippen molar-refractivity contribution in [3.05, 3.63) is 35.9 Å². The molecule has 1 aromatic carbocycles. The van der Waals surface area contributed by atoms with Crippen molar-refractivity contribution in [1.29, 1.82) is 5.41 Å². The molecule has 0 aromatic heterocycles. The molecule has 0 radical (unpaired) electrons. The number of nitrogens with one attached hydrogen (secondary N) is 1. The maximum absolute atomic E-state index is 12.7. The molecule has 21 heavy (non-hydrogen) atoms. The Labute approximate surface area is 130 Å². The maximum Gasteiger partial charge on any atom is 0.331 e. The summed E-state index contributed by atoms with van der Waals surface area (Å²) in [4.78, 5) is 16.2. The number of urea groups is 1. The number of hydrogen-bond acceptors (Lipinski definition) is 3. The van der Waals surface area contributed by atoms with E-state index in [1.165, 1.54) is 6.42 Å². The van der Waals surface area contributed by atoms with Gasteiger partial charge in [-0.1, -0.05) is 61.8 Å². The van der Waals surface area contributed by atoms with E-state index in [1.807, 2.05) is 30.3 Å². The van der Waals surface area contributed by atoms with Gasteiger partial charge in [0.1, 0.15) is 0 Å². The SMILES string of the molecule is N=C1C(=S)N(Cc2ccccc2)C(=O)N1C1CCCCC1. The third kappa shape index (κ3) is 2.70. The largest absolute Gasteiger partial charge is 0.331 e. The van der Waals surface area contributed by atoms with Gasteiger partial charge in [0.25, 0.3) is 0 Å². The van der Waals surface area contributed by atoms with Gasteiger partial charge in [-0.2, -0.15) is 0 Å². The molecule has 1 saturated carbocycles. The molecule has 1 aliphatic heterocycles. The molecule has 0 atom stereocenters. The fourth-order valence-electron chi connectivity index (χ4n) is 3.13. The van der Waals surface area contributed by atoms with E-state index in [1.54, 1.807) is 9.80 Å². The Morgan fingerprint density at radius 1 is 1.14 bits per heavy atom. The molecule has 5 heteroatoms. The second-order valence-electron chi connectivity index (χ2n) is 5.67. The number of benzene rings is 1. The van der Waals surface area contributed by atoms with E-state index in [-0.39, 0.29) is 17.9 Å². The summed E-state index contributed by atoms with van der Waals surface area (Å²) in [6, 6.07) is 9.82. The minimum absolute atomic E-state index is 0.124. The number of thiocarbonyl (C=S) groups is 1. The van der Waals surface area contributed by atoms with Crippen molar-refractivity contribution in [3.8, 4) is 0 Å². The molecule has 110 valence electrons. The Morgan fingerprint density at radius 3 is 2.48 bits per heavy atom. The van der Waals surface area contributed by atoms with Crippen molar-refractivity contribution in [2.24, 2.45) is 0 Å². The molecule has 1 N–H and O–H groups in total. The average Bonchev–Trinajstić information content (AvgIpc) is 2.73. The number of carbonyl (C=O) groups is 1. The zero-order chi connectivity index (χ0) is 14.8. The quantitative estimate of drug-likeness (QED) is 0.868. The van der Waals surface area contributed by atoms with Gasteiger partial charge in [0, 0.05) is 6.04 Å². The van der Waals surface area contributed by atoms with Gasteiger partial charge in [0.05, 0.1) is 6.54 Å². The van der Waals surface area contributed by atoms with Crippen LogP contribution in [-0.4, -0.2) is 32.7 Å². The van der Waals surface area contributed by atoms with Crippen molar-refractivity contribution in [1.82, 2.24) is 9.80 Å². The maximum atomic E-state index is 12.7. The van der Waals surface area contributed by atoms with E-state index in [0.717, 1.165) is 31.2 Å². The van der Waals surface area contributed by atoms with E-state index >= 15 is 0 Å². The molecule has 2 fully saturated rings.